The van der Waals surface area contributed by atoms with Crippen LogP contribution in [0.4, 0.5) is 0 Å². The minimum atomic E-state index is 0.556. The van der Waals surface area contributed by atoms with E-state index in [1.54, 1.807) is 0 Å². The molecule has 4 heterocycles. The van der Waals surface area contributed by atoms with E-state index >= 15 is 0 Å². The molecule has 0 N–H and O–H groups in total. The standard InChI is InChI=1S/C81H51N5O/c1-7-23-52(24-8-1)55-39-41-58(42-40-55)79-82-80(61-46-59(53-25-9-2-10-26-53)45-60(47-61)54-27-11-3-12-28-54)84-81(83-79)62-48-67(56-29-13-4-14-30-56)77(68(49-62)57-31-15-5-16-32-57)86-72-38-22-20-36-66(72)76-73(86)44-43-65-70-50-74-69(51-75(70)87-78(65)76)64-35-19-21-37-71(64)85(74)63-33-17-6-18-34-63/h1-51H. The topological polar surface area (TPSA) is 61.7 Å². The number of rotatable bonds is 10. The summed E-state index contributed by atoms with van der Waals surface area (Å²) in [5.41, 5.74) is 21.6. The Morgan fingerprint density at radius 3 is 1.23 bits per heavy atom. The second-order valence-electron chi connectivity index (χ2n) is 22.3. The Hall–Kier alpha value is -11.7. The summed E-state index contributed by atoms with van der Waals surface area (Å²) in [7, 11) is 0. The lowest BCUT2D eigenvalue weighted by atomic mass is 9.92. The summed E-state index contributed by atoms with van der Waals surface area (Å²) in [6, 6.07) is 110. The largest absolute Gasteiger partial charge is 0.455 e. The first-order chi connectivity index (χ1) is 43.1. The lowest BCUT2D eigenvalue weighted by Crippen LogP contribution is -2.04. The van der Waals surface area contributed by atoms with Gasteiger partial charge in [0.1, 0.15) is 11.2 Å². The van der Waals surface area contributed by atoms with Crippen LogP contribution in [-0.4, -0.2) is 24.1 Å². The Bertz CT molecular complexity index is 5350. The van der Waals surface area contributed by atoms with Gasteiger partial charge in [-0.15, -0.1) is 0 Å². The van der Waals surface area contributed by atoms with Crippen molar-refractivity contribution in [2.75, 3.05) is 0 Å². The Labute approximate surface area is 501 Å². The van der Waals surface area contributed by atoms with Crippen LogP contribution >= 0.6 is 0 Å². The maximum Gasteiger partial charge on any atom is 0.164 e. The van der Waals surface area contributed by atoms with Gasteiger partial charge in [0, 0.05) is 60.4 Å². The molecule has 13 aromatic carbocycles. The second-order valence-corrected chi connectivity index (χ2v) is 22.3. The zero-order valence-electron chi connectivity index (χ0n) is 47.1. The van der Waals surface area contributed by atoms with Crippen molar-refractivity contribution in [2.24, 2.45) is 0 Å². The number of para-hydroxylation sites is 3. The van der Waals surface area contributed by atoms with Gasteiger partial charge in [0.15, 0.2) is 17.5 Å². The normalized spacial score (nSPS) is 11.7. The smallest absolute Gasteiger partial charge is 0.164 e. The molecule has 0 amide bonds. The van der Waals surface area contributed by atoms with Crippen molar-refractivity contribution in [2.45, 2.75) is 0 Å². The molecule has 0 radical (unpaired) electrons. The van der Waals surface area contributed by atoms with E-state index in [4.69, 9.17) is 19.4 Å². The minimum Gasteiger partial charge on any atom is -0.455 e. The molecule has 6 nitrogen and oxygen atoms in total. The van der Waals surface area contributed by atoms with E-state index in [2.05, 4.69) is 312 Å². The number of furan rings is 1. The Balaban J connectivity index is 0.919. The Morgan fingerprint density at radius 2 is 0.667 bits per heavy atom. The lowest BCUT2D eigenvalue weighted by molar-refractivity contribution is 0.673. The number of hydrogen-bond donors (Lipinski definition) is 0. The van der Waals surface area contributed by atoms with E-state index in [9.17, 15) is 0 Å². The first-order valence-corrected chi connectivity index (χ1v) is 29.5. The highest BCUT2D eigenvalue weighted by molar-refractivity contribution is 6.26. The molecule has 0 aliphatic heterocycles. The summed E-state index contributed by atoms with van der Waals surface area (Å²) in [6.45, 7) is 0. The van der Waals surface area contributed by atoms with Gasteiger partial charge in [-0.3, -0.25) is 0 Å². The van der Waals surface area contributed by atoms with Crippen LogP contribution in [0.15, 0.2) is 314 Å². The summed E-state index contributed by atoms with van der Waals surface area (Å²) in [5.74, 6) is 1.70. The van der Waals surface area contributed by atoms with Crippen LogP contribution in [0, 0.1) is 0 Å². The first-order valence-electron chi connectivity index (χ1n) is 29.5. The predicted molar refractivity (Wildman–Crippen MR) is 359 cm³/mol. The van der Waals surface area contributed by atoms with Gasteiger partial charge in [-0.05, 0) is 123 Å². The molecule has 0 fully saturated rings. The highest BCUT2D eigenvalue weighted by Crippen LogP contribution is 2.48. The van der Waals surface area contributed by atoms with Crippen molar-refractivity contribution in [3.63, 3.8) is 0 Å². The van der Waals surface area contributed by atoms with E-state index in [-0.39, 0.29) is 0 Å². The molecule has 17 aromatic rings. The van der Waals surface area contributed by atoms with Crippen LogP contribution < -0.4 is 0 Å². The van der Waals surface area contributed by atoms with Gasteiger partial charge >= 0.3 is 0 Å². The summed E-state index contributed by atoms with van der Waals surface area (Å²) < 4.78 is 12.1. The molecule has 0 unspecified atom stereocenters. The maximum absolute atomic E-state index is 7.25. The average Bonchev–Trinajstić information content (AvgIpc) is 1.61. The quantitative estimate of drug-likeness (QED) is 0.137. The maximum atomic E-state index is 7.25. The highest BCUT2D eigenvalue weighted by atomic mass is 16.3. The van der Waals surface area contributed by atoms with Crippen LogP contribution in [0.5, 0.6) is 0 Å². The molecule has 0 aliphatic rings. The van der Waals surface area contributed by atoms with Gasteiger partial charge in [-0.1, -0.05) is 231 Å². The van der Waals surface area contributed by atoms with E-state index in [1.807, 2.05) is 6.07 Å². The molecule has 17 rings (SSSR count). The van der Waals surface area contributed by atoms with E-state index < -0.39 is 0 Å². The summed E-state index contributed by atoms with van der Waals surface area (Å²) >= 11 is 0. The van der Waals surface area contributed by atoms with Crippen LogP contribution in [0.3, 0.4) is 0 Å². The molecule has 0 saturated heterocycles. The molecule has 0 bridgehead atoms. The van der Waals surface area contributed by atoms with Gasteiger partial charge < -0.3 is 13.6 Å². The summed E-state index contributed by atoms with van der Waals surface area (Å²) in [5, 5.41) is 6.62. The molecule has 0 saturated carbocycles. The molecular formula is C81H51N5O. The molecule has 406 valence electrons. The van der Waals surface area contributed by atoms with Gasteiger partial charge in [0.25, 0.3) is 0 Å². The monoisotopic (exact) mass is 1110 g/mol. The van der Waals surface area contributed by atoms with Crippen molar-refractivity contribution in [3.8, 4) is 101 Å². The zero-order valence-corrected chi connectivity index (χ0v) is 47.1. The van der Waals surface area contributed by atoms with Gasteiger partial charge in [0.2, 0.25) is 0 Å². The third kappa shape index (κ3) is 8.53. The fourth-order valence-electron chi connectivity index (χ4n) is 13.1. The van der Waals surface area contributed by atoms with Gasteiger partial charge in [-0.2, -0.15) is 0 Å². The van der Waals surface area contributed by atoms with Gasteiger partial charge in [-0.25, -0.2) is 15.0 Å². The number of hydrogen-bond acceptors (Lipinski definition) is 4. The molecule has 4 aromatic heterocycles. The Morgan fingerprint density at radius 1 is 0.241 bits per heavy atom. The van der Waals surface area contributed by atoms with Crippen molar-refractivity contribution in [3.05, 3.63) is 309 Å². The van der Waals surface area contributed by atoms with Crippen LogP contribution in [0.1, 0.15) is 0 Å². The fraction of sp³-hybridized carbons (Fsp3) is 0. The van der Waals surface area contributed by atoms with Gasteiger partial charge in [0.05, 0.1) is 33.1 Å². The summed E-state index contributed by atoms with van der Waals surface area (Å²) in [4.78, 5) is 16.5. The van der Waals surface area contributed by atoms with Crippen LogP contribution in [-0.2, 0) is 0 Å². The Kier molecular flexibility index (Phi) is 11.8. The number of fused-ring (bicyclic) bond motifs is 10. The molecular weight excluding hydrogens is 1060 g/mol. The second kappa shape index (κ2) is 20.6. The third-order valence-corrected chi connectivity index (χ3v) is 17.1. The summed E-state index contributed by atoms with van der Waals surface area (Å²) in [6.07, 6.45) is 0. The van der Waals surface area contributed by atoms with E-state index in [0.29, 0.717) is 17.5 Å². The minimum absolute atomic E-state index is 0.556. The van der Waals surface area contributed by atoms with Crippen molar-refractivity contribution >= 4 is 65.6 Å². The van der Waals surface area contributed by atoms with Crippen molar-refractivity contribution in [1.82, 2.24) is 24.1 Å². The molecule has 6 heteroatoms. The zero-order chi connectivity index (χ0) is 57.4. The van der Waals surface area contributed by atoms with Crippen LogP contribution in [0.2, 0.25) is 0 Å². The average molecular weight is 1110 g/mol. The van der Waals surface area contributed by atoms with Crippen molar-refractivity contribution < 1.29 is 4.42 Å². The van der Waals surface area contributed by atoms with Crippen molar-refractivity contribution in [1.29, 1.82) is 0 Å². The van der Waals surface area contributed by atoms with E-state index in [0.717, 1.165) is 144 Å². The number of aromatic nitrogens is 5. The number of benzene rings is 13. The molecule has 87 heavy (non-hydrogen) atoms. The fourth-order valence-corrected chi connectivity index (χ4v) is 13.1. The third-order valence-electron chi connectivity index (χ3n) is 17.1. The molecule has 0 spiro atoms. The molecule has 0 aliphatic carbocycles. The highest BCUT2D eigenvalue weighted by Gasteiger charge is 2.26. The lowest BCUT2D eigenvalue weighted by Gasteiger charge is -2.21. The van der Waals surface area contributed by atoms with E-state index in [1.165, 1.54) is 5.39 Å². The first kappa shape index (κ1) is 49.8. The van der Waals surface area contributed by atoms with Crippen LogP contribution in [0.25, 0.3) is 167 Å². The number of nitrogens with zero attached hydrogens (tertiary/aromatic N) is 5. The SMILES string of the molecule is c1ccc(-c2ccc(-c3nc(-c4cc(-c5ccccc5)cc(-c5ccccc5)c4)nc(-c4cc(-c5ccccc5)c(-n5c6ccccc6c6c7oc8cc9c%10ccccc%10n(-c%10ccccc%10)c9cc8c7ccc65)c(-c5ccccc5)c4)n3)cc2)cc1. The molecule has 0 atom stereocenters. The predicted octanol–water partition coefficient (Wildman–Crippen LogP) is 21.3.